The van der Waals surface area contributed by atoms with E-state index in [1.54, 1.807) is 6.92 Å². The fraction of sp³-hybridized carbons (Fsp3) is 0.143. The average molecular weight is 251 g/mol. The Kier molecular flexibility index (Phi) is 2.59. The number of rotatable bonds is 1. The average Bonchev–Trinajstić information content (AvgIpc) is 2.38. The standard InChI is InChI=1S/C14H13N5/c1-8-16-12(10-6-4-3-5-7-10)11-13(15)17-9(2)19-14(11)18-8/h3-7H,1-2H3,(H2,15,16,17,18,19). The Bertz CT molecular complexity index is 747. The third-order valence-electron chi connectivity index (χ3n) is 2.86. The maximum Gasteiger partial charge on any atom is 0.169 e. The first kappa shape index (κ1) is 11.5. The highest BCUT2D eigenvalue weighted by atomic mass is 15.0. The van der Waals surface area contributed by atoms with Crippen molar-refractivity contribution in [2.45, 2.75) is 13.8 Å². The zero-order chi connectivity index (χ0) is 13.4. The molecule has 5 heteroatoms. The predicted octanol–water partition coefficient (Wildman–Crippen LogP) is 2.29. The summed E-state index contributed by atoms with van der Waals surface area (Å²) in [5, 5.41) is 0.711. The van der Waals surface area contributed by atoms with Gasteiger partial charge in [-0.15, -0.1) is 0 Å². The predicted molar refractivity (Wildman–Crippen MR) is 74.5 cm³/mol. The topological polar surface area (TPSA) is 77.6 Å². The van der Waals surface area contributed by atoms with Gasteiger partial charge < -0.3 is 5.73 Å². The molecule has 0 unspecified atom stereocenters. The zero-order valence-electron chi connectivity index (χ0n) is 10.8. The van der Waals surface area contributed by atoms with Gasteiger partial charge in [-0.05, 0) is 13.8 Å². The zero-order valence-corrected chi connectivity index (χ0v) is 10.8. The van der Waals surface area contributed by atoms with Gasteiger partial charge in [0.25, 0.3) is 0 Å². The van der Waals surface area contributed by atoms with E-state index >= 15 is 0 Å². The van der Waals surface area contributed by atoms with E-state index in [1.165, 1.54) is 0 Å². The first-order valence-electron chi connectivity index (χ1n) is 5.99. The molecule has 0 atom stereocenters. The number of aromatic nitrogens is 4. The highest BCUT2D eigenvalue weighted by Crippen LogP contribution is 2.28. The van der Waals surface area contributed by atoms with E-state index in [2.05, 4.69) is 19.9 Å². The minimum atomic E-state index is 0.418. The fourth-order valence-electron chi connectivity index (χ4n) is 2.09. The molecule has 0 aliphatic rings. The summed E-state index contributed by atoms with van der Waals surface area (Å²) in [6.07, 6.45) is 0. The lowest BCUT2D eigenvalue weighted by Crippen LogP contribution is -2.03. The lowest BCUT2D eigenvalue weighted by molar-refractivity contribution is 1.03. The highest BCUT2D eigenvalue weighted by molar-refractivity contribution is 5.97. The van der Waals surface area contributed by atoms with Crippen molar-refractivity contribution in [3.05, 3.63) is 42.0 Å². The number of hydrogen-bond donors (Lipinski definition) is 1. The minimum Gasteiger partial charge on any atom is -0.383 e. The summed E-state index contributed by atoms with van der Waals surface area (Å²) in [5.74, 6) is 1.70. The number of fused-ring (bicyclic) bond motifs is 1. The van der Waals surface area contributed by atoms with Gasteiger partial charge in [-0.3, -0.25) is 0 Å². The van der Waals surface area contributed by atoms with Gasteiger partial charge in [0.1, 0.15) is 17.5 Å². The van der Waals surface area contributed by atoms with Crippen LogP contribution in [0.15, 0.2) is 30.3 Å². The molecule has 94 valence electrons. The third-order valence-corrected chi connectivity index (χ3v) is 2.86. The first-order valence-corrected chi connectivity index (χ1v) is 5.99. The van der Waals surface area contributed by atoms with Crippen molar-refractivity contribution in [3.8, 4) is 11.3 Å². The Labute approximate surface area is 110 Å². The van der Waals surface area contributed by atoms with E-state index in [0.29, 0.717) is 28.5 Å². The van der Waals surface area contributed by atoms with Crippen molar-refractivity contribution in [2.24, 2.45) is 0 Å². The Morgan fingerprint density at radius 1 is 0.842 bits per heavy atom. The molecule has 3 aromatic rings. The Morgan fingerprint density at radius 2 is 1.47 bits per heavy atom. The first-order chi connectivity index (χ1) is 9.15. The summed E-state index contributed by atoms with van der Waals surface area (Å²) in [6, 6.07) is 9.86. The number of hydrogen-bond acceptors (Lipinski definition) is 5. The summed E-state index contributed by atoms with van der Waals surface area (Å²) >= 11 is 0. The normalized spacial score (nSPS) is 10.8. The largest absolute Gasteiger partial charge is 0.383 e. The second-order valence-electron chi connectivity index (χ2n) is 4.34. The summed E-state index contributed by atoms with van der Waals surface area (Å²) in [6.45, 7) is 3.65. The van der Waals surface area contributed by atoms with Crippen LogP contribution in [0, 0.1) is 13.8 Å². The van der Waals surface area contributed by atoms with Crippen LogP contribution < -0.4 is 5.73 Å². The molecular weight excluding hydrogens is 238 g/mol. The maximum absolute atomic E-state index is 6.01. The van der Waals surface area contributed by atoms with Crippen molar-refractivity contribution < 1.29 is 0 Å². The molecule has 2 N–H and O–H groups in total. The molecule has 1 aromatic carbocycles. The van der Waals surface area contributed by atoms with E-state index in [4.69, 9.17) is 5.73 Å². The second-order valence-corrected chi connectivity index (χ2v) is 4.34. The summed E-state index contributed by atoms with van der Waals surface area (Å²) in [5.41, 5.74) is 8.37. The quantitative estimate of drug-likeness (QED) is 0.718. The van der Waals surface area contributed by atoms with Gasteiger partial charge in [0.2, 0.25) is 0 Å². The fourth-order valence-corrected chi connectivity index (χ4v) is 2.09. The van der Waals surface area contributed by atoms with Crippen molar-refractivity contribution in [1.82, 2.24) is 19.9 Å². The molecule has 0 aliphatic heterocycles. The van der Waals surface area contributed by atoms with Crippen LogP contribution in [0.25, 0.3) is 22.3 Å². The SMILES string of the molecule is Cc1nc(N)c2c(-c3ccccc3)nc(C)nc2n1. The second kappa shape index (κ2) is 4.28. The molecule has 0 saturated carbocycles. The molecule has 5 nitrogen and oxygen atoms in total. The number of nitrogen functional groups attached to an aromatic ring is 1. The van der Waals surface area contributed by atoms with Crippen LogP contribution >= 0.6 is 0 Å². The number of nitrogens with zero attached hydrogens (tertiary/aromatic N) is 4. The van der Waals surface area contributed by atoms with Gasteiger partial charge in [-0.25, -0.2) is 19.9 Å². The lowest BCUT2D eigenvalue weighted by Gasteiger charge is -2.08. The van der Waals surface area contributed by atoms with Gasteiger partial charge >= 0.3 is 0 Å². The van der Waals surface area contributed by atoms with E-state index < -0.39 is 0 Å². The van der Waals surface area contributed by atoms with Crippen molar-refractivity contribution in [2.75, 3.05) is 5.73 Å². The summed E-state index contributed by atoms with van der Waals surface area (Å²) < 4.78 is 0. The van der Waals surface area contributed by atoms with Crippen LogP contribution in [-0.2, 0) is 0 Å². The Morgan fingerprint density at radius 3 is 2.16 bits per heavy atom. The maximum atomic E-state index is 6.01. The monoisotopic (exact) mass is 251 g/mol. The van der Waals surface area contributed by atoms with E-state index in [0.717, 1.165) is 11.3 Å². The molecule has 3 rings (SSSR count). The van der Waals surface area contributed by atoms with Crippen molar-refractivity contribution >= 4 is 16.9 Å². The van der Waals surface area contributed by atoms with Crippen LogP contribution in [0.4, 0.5) is 5.82 Å². The van der Waals surface area contributed by atoms with E-state index in [1.807, 2.05) is 37.3 Å². The van der Waals surface area contributed by atoms with Gasteiger partial charge in [0, 0.05) is 5.56 Å². The molecule has 0 bridgehead atoms. The molecular formula is C14H13N5. The van der Waals surface area contributed by atoms with Crippen LogP contribution in [0.3, 0.4) is 0 Å². The van der Waals surface area contributed by atoms with E-state index in [9.17, 15) is 0 Å². The Balaban J connectivity index is 2.42. The Hall–Kier alpha value is -2.56. The van der Waals surface area contributed by atoms with Crippen LogP contribution in [0.2, 0.25) is 0 Å². The highest BCUT2D eigenvalue weighted by Gasteiger charge is 2.13. The van der Waals surface area contributed by atoms with Crippen molar-refractivity contribution in [1.29, 1.82) is 0 Å². The van der Waals surface area contributed by atoms with Crippen LogP contribution in [-0.4, -0.2) is 19.9 Å². The molecule has 19 heavy (non-hydrogen) atoms. The third kappa shape index (κ3) is 1.99. The van der Waals surface area contributed by atoms with E-state index in [-0.39, 0.29) is 0 Å². The van der Waals surface area contributed by atoms with Gasteiger partial charge in [0.05, 0.1) is 11.1 Å². The number of anilines is 1. The molecule has 2 heterocycles. The van der Waals surface area contributed by atoms with Gasteiger partial charge in [-0.2, -0.15) is 0 Å². The molecule has 0 fully saturated rings. The number of aryl methyl sites for hydroxylation is 2. The van der Waals surface area contributed by atoms with Crippen LogP contribution in [0.1, 0.15) is 11.6 Å². The number of benzene rings is 1. The van der Waals surface area contributed by atoms with Crippen LogP contribution in [0.5, 0.6) is 0 Å². The summed E-state index contributed by atoms with van der Waals surface area (Å²) in [4.78, 5) is 17.4. The molecule has 0 spiro atoms. The molecule has 2 aromatic heterocycles. The molecule has 0 saturated heterocycles. The smallest absolute Gasteiger partial charge is 0.169 e. The number of nitrogens with two attached hydrogens (primary N) is 1. The summed E-state index contributed by atoms with van der Waals surface area (Å²) in [7, 11) is 0. The van der Waals surface area contributed by atoms with Crippen molar-refractivity contribution in [3.63, 3.8) is 0 Å². The minimum absolute atomic E-state index is 0.418. The molecule has 0 aliphatic carbocycles. The van der Waals surface area contributed by atoms with Gasteiger partial charge in [-0.1, -0.05) is 30.3 Å². The molecule has 0 radical (unpaired) electrons. The lowest BCUT2D eigenvalue weighted by atomic mass is 10.1. The molecule has 0 amide bonds. The van der Waals surface area contributed by atoms with Gasteiger partial charge in [0.15, 0.2) is 5.65 Å².